The number of hydrogen-bond donors (Lipinski definition) is 1. The first-order valence-corrected chi connectivity index (χ1v) is 7.07. The van der Waals surface area contributed by atoms with Gasteiger partial charge >= 0.3 is 5.97 Å². The summed E-state index contributed by atoms with van der Waals surface area (Å²) in [5.41, 5.74) is 0.618. The van der Waals surface area contributed by atoms with Crippen LogP contribution in [0.5, 0.6) is 0 Å². The molecule has 0 spiro atoms. The summed E-state index contributed by atoms with van der Waals surface area (Å²) in [7, 11) is 0. The van der Waals surface area contributed by atoms with E-state index in [1.807, 2.05) is 49.4 Å². The molecule has 1 fully saturated rings. The van der Waals surface area contributed by atoms with E-state index < -0.39 is 11.9 Å². The minimum atomic E-state index is -0.823. The van der Waals surface area contributed by atoms with Gasteiger partial charge in [0.1, 0.15) is 0 Å². The van der Waals surface area contributed by atoms with Gasteiger partial charge in [-0.2, -0.15) is 0 Å². The van der Waals surface area contributed by atoms with E-state index in [9.17, 15) is 9.59 Å². The highest BCUT2D eigenvalue weighted by Gasteiger charge is 2.37. The molecule has 0 bridgehead atoms. The first-order chi connectivity index (χ1) is 10.1. The van der Waals surface area contributed by atoms with E-state index in [4.69, 9.17) is 5.11 Å². The topological polar surface area (TPSA) is 57.6 Å². The molecule has 1 saturated heterocycles. The van der Waals surface area contributed by atoms with Crippen molar-refractivity contribution in [2.75, 3.05) is 13.1 Å². The molecule has 4 nitrogen and oxygen atoms in total. The van der Waals surface area contributed by atoms with Gasteiger partial charge in [-0.15, -0.1) is 0 Å². The Hall–Kier alpha value is -2.36. The SMILES string of the molecule is CC1CN(C(=O)c2ccc3ccccc3c2)CC1C(=O)O. The van der Waals surface area contributed by atoms with Crippen molar-refractivity contribution < 1.29 is 14.7 Å². The zero-order valence-electron chi connectivity index (χ0n) is 11.8. The summed E-state index contributed by atoms with van der Waals surface area (Å²) in [6.07, 6.45) is 0. The van der Waals surface area contributed by atoms with E-state index in [-0.39, 0.29) is 11.8 Å². The van der Waals surface area contributed by atoms with Gasteiger partial charge in [-0.25, -0.2) is 0 Å². The van der Waals surface area contributed by atoms with Crippen LogP contribution in [0.2, 0.25) is 0 Å². The van der Waals surface area contributed by atoms with Crippen LogP contribution in [0, 0.1) is 11.8 Å². The molecule has 0 radical (unpaired) electrons. The molecule has 2 atom stereocenters. The number of amides is 1. The fourth-order valence-electron chi connectivity index (χ4n) is 2.96. The zero-order valence-corrected chi connectivity index (χ0v) is 11.8. The highest BCUT2D eigenvalue weighted by molar-refractivity contribution is 5.99. The third-order valence-corrected chi connectivity index (χ3v) is 4.21. The average Bonchev–Trinajstić information content (AvgIpc) is 2.88. The molecule has 1 aliphatic heterocycles. The number of aliphatic carboxylic acids is 1. The maximum Gasteiger partial charge on any atom is 0.308 e. The predicted octanol–water partition coefficient (Wildman–Crippen LogP) is 2.63. The third-order valence-electron chi connectivity index (χ3n) is 4.21. The Balaban J connectivity index is 1.86. The van der Waals surface area contributed by atoms with Gasteiger partial charge in [0, 0.05) is 18.7 Å². The van der Waals surface area contributed by atoms with Gasteiger partial charge in [0.15, 0.2) is 0 Å². The average molecular weight is 283 g/mol. The second-order valence-corrected chi connectivity index (χ2v) is 5.69. The molecule has 0 aliphatic carbocycles. The van der Waals surface area contributed by atoms with Gasteiger partial charge in [-0.05, 0) is 28.8 Å². The number of likely N-dealkylation sites (tertiary alicyclic amines) is 1. The van der Waals surface area contributed by atoms with Crippen molar-refractivity contribution in [1.29, 1.82) is 0 Å². The molecule has 3 rings (SSSR count). The normalized spacial score (nSPS) is 21.7. The molecule has 1 aliphatic rings. The highest BCUT2D eigenvalue weighted by Crippen LogP contribution is 2.25. The van der Waals surface area contributed by atoms with Gasteiger partial charge in [-0.3, -0.25) is 9.59 Å². The van der Waals surface area contributed by atoms with Crippen LogP contribution in [-0.4, -0.2) is 35.0 Å². The molecule has 4 heteroatoms. The molecule has 21 heavy (non-hydrogen) atoms. The van der Waals surface area contributed by atoms with Gasteiger partial charge in [0.2, 0.25) is 0 Å². The number of carbonyl (C=O) groups is 2. The van der Waals surface area contributed by atoms with Crippen LogP contribution in [0.1, 0.15) is 17.3 Å². The zero-order chi connectivity index (χ0) is 15.0. The molecular weight excluding hydrogens is 266 g/mol. The lowest BCUT2D eigenvalue weighted by molar-refractivity contribution is -0.142. The minimum absolute atomic E-state index is 0.00749. The van der Waals surface area contributed by atoms with E-state index in [1.54, 1.807) is 4.90 Å². The number of nitrogens with zero attached hydrogens (tertiary/aromatic N) is 1. The molecule has 0 aromatic heterocycles. The number of rotatable bonds is 2. The Labute approximate surface area is 123 Å². The fraction of sp³-hybridized carbons (Fsp3) is 0.294. The Morgan fingerprint density at radius 3 is 2.48 bits per heavy atom. The van der Waals surface area contributed by atoms with Crippen LogP contribution in [-0.2, 0) is 4.79 Å². The number of hydrogen-bond acceptors (Lipinski definition) is 2. The monoisotopic (exact) mass is 283 g/mol. The van der Waals surface area contributed by atoms with E-state index in [0.717, 1.165) is 10.8 Å². The summed E-state index contributed by atoms with van der Waals surface area (Å²) in [5, 5.41) is 11.3. The minimum Gasteiger partial charge on any atom is -0.481 e. The van der Waals surface area contributed by atoms with Crippen molar-refractivity contribution in [3.8, 4) is 0 Å². The fourth-order valence-corrected chi connectivity index (χ4v) is 2.96. The Morgan fingerprint density at radius 1 is 1.10 bits per heavy atom. The number of fused-ring (bicyclic) bond motifs is 1. The molecule has 108 valence electrons. The smallest absolute Gasteiger partial charge is 0.308 e. The lowest BCUT2D eigenvalue weighted by Crippen LogP contribution is -2.29. The molecule has 2 aromatic carbocycles. The lowest BCUT2D eigenvalue weighted by Gasteiger charge is -2.16. The Bertz CT molecular complexity index is 710. The summed E-state index contributed by atoms with van der Waals surface area (Å²) in [6, 6.07) is 13.5. The maximum absolute atomic E-state index is 12.5. The van der Waals surface area contributed by atoms with E-state index in [1.165, 1.54) is 0 Å². The van der Waals surface area contributed by atoms with Crippen molar-refractivity contribution in [2.45, 2.75) is 6.92 Å². The van der Waals surface area contributed by atoms with Crippen molar-refractivity contribution in [1.82, 2.24) is 4.90 Å². The maximum atomic E-state index is 12.5. The number of benzene rings is 2. The molecular formula is C17H17NO3. The first kappa shape index (κ1) is 13.6. The van der Waals surface area contributed by atoms with Crippen molar-refractivity contribution in [2.24, 2.45) is 11.8 Å². The molecule has 1 heterocycles. The van der Waals surface area contributed by atoms with Gasteiger partial charge in [0.25, 0.3) is 5.91 Å². The van der Waals surface area contributed by atoms with Crippen LogP contribution < -0.4 is 0 Å². The second kappa shape index (κ2) is 5.20. The first-order valence-electron chi connectivity index (χ1n) is 7.07. The Morgan fingerprint density at radius 2 is 1.81 bits per heavy atom. The highest BCUT2D eigenvalue weighted by atomic mass is 16.4. The summed E-state index contributed by atoms with van der Waals surface area (Å²) in [4.78, 5) is 25.3. The van der Waals surface area contributed by atoms with Gasteiger partial charge < -0.3 is 10.0 Å². The summed E-state index contributed by atoms with van der Waals surface area (Å²) >= 11 is 0. The van der Waals surface area contributed by atoms with Crippen molar-refractivity contribution >= 4 is 22.6 Å². The number of carboxylic acids is 1. The van der Waals surface area contributed by atoms with E-state index in [0.29, 0.717) is 18.7 Å². The molecule has 2 aromatic rings. The second-order valence-electron chi connectivity index (χ2n) is 5.69. The van der Waals surface area contributed by atoms with Crippen LogP contribution in [0.3, 0.4) is 0 Å². The molecule has 2 unspecified atom stereocenters. The lowest BCUT2D eigenvalue weighted by atomic mass is 9.99. The largest absolute Gasteiger partial charge is 0.481 e. The number of carbonyl (C=O) groups excluding carboxylic acids is 1. The van der Waals surface area contributed by atoms with Gasteiger partial charge in [0.05, 0.1) is 5.92 Å². The van der Waals surface area contributed by atoms with Crippen LogP contribution in [0.15, 0.2) is 42.5 Å². The molecule has 0 saturated carbocycles. The predicted molar refractivity (Wildman–Crippen MR) is 80.1 cm³/mol. The standard InChI is InChI=1S/C17H17NO3/c1-11-9-18(10-15(11)17(20)21)16(19)14-7-6-12-4-2-3-5-13(12)8-14/h2-8,11,15H,9-10H2,1H3,(H,20,21). The van der Waals surface area contributed by atoms with E-state index >= 15 is 0 Å². The van der Waals surface area contributed by atoms with Crippen molar-refractivity contribution in [3.05, 3.63) is 48.0 Å². The summed E-state index contributed by atoms with van der Waals surface area (Å²) < 4.78 is 0. The summed E-state index contributed by atoms with van der Waals surface area (Å²) in [6.45, 7) is 2.68. The van der Waals surface area contributed by atoms with Crippen LogP contribution >= 0.6 is 0 Å². The quantitative estimate of drug-likeness (QED) is 0.921. The molecule has 1 N–H and O–H groups in total. The number of carboxylic acid groups (broad SMARTS) is 1. The Kier molecular flexibility index (Phi) is 3.37. The van der Waals surface area contributed by atoms with Gasteiger partial charge in [-0.1, -0.05) is 37.3 Å². The van der Waals surface area contributed by atoms with Crippen LogP contribution in [0.25, 0.3) is 10.8 Å². The molecule has 1 amide bonds. The van der Waals surface area contributed by atoms with Crippen molar-refractivity contribution in [3.63, 3.8) is 0 Å². The van der Waals surface area contributed by atoms with Crippen LogP contribution in [0.4, 0.5) is 0 Å². The summed E-state index contributed by atoms with van der Waals surface area (Å²) in [5.74, 6) is -1.38. The van der Waals surface area contributed by atoms with E-state index in [2.05, 4.69) is 0 Å². The third kappa shape index (κ3) is 2.49.